The Morgan fingerprint density at radius 2 is 1.89 bits per heavy atom. The predicted octanol–water partition coefficient (Wildman–Crippen LogP) is 2.81. The largest absolute Gasteiger partial charge is 0.497 e. The van der Waals surface area contributed by atoms with E-state index in [1.165, 1.54) is 0 Å². The molecule has 0 bridgehead atoms. The molecule has 1 aliphatic carbocycles. The molecule has 0 amide bonds. The van der Waals surface area contributed by atoms with E-state index >= 15 is 0 Å². The SMILES string of the molecule is CCN=C(c1ccc(OC)cc1)C1(O)CCCC1. The topological polar surface area (TPSA) is 41.8 Å². The van der Waals surface area contributed by atoms with Gasteiger partial charge in [-0.3, -0.25) is 4.99 Å². The number of ether oxygens (including phenoxy) is 1. The summed E-state index contributed by atoms with van der Waals surface area (Å²) in [5.41, 5.74) is 1.11. The van der Waals surface area contributed by atoms with Gasteiger partial charge in [-0.05, 0) is 49.6 Å². The lowest BCUT2D eigenvalue weighted by Crippen LogP contribution is -2.36. The minimum atomic E-state index is -0.732. The van der Waals surface area contributed by atoms with E-state index in [9.17, 15) is 5.11 Å². The molecule has 18 heavy (non-hydrogen) atoms. The van der Waals surface area contributed by atoms with Crippen LogP contribution in [0.4, 0.5) is 0 Å². The maximum atomic E-state index is 10.7. The molecule has 0 aromatic heterocycles. The van der Waals surface area contributed by atoms with Crippen molar-refractivity contribution in [2.75, 3.05) is 13.7 Å². The summed E-state index contributed by atoms with van der Waals surface area (Å²) in [6, 6.07) is 7.78. The van der Waals surface area contributed by atoms with E-state index in [2.05, 4.69) is 4.99 Å². The van der Waals surface area contributed by atoms with Crippen molar-refractivity contribution in [1.29, 1.82) is 0 Å². The smallest absolute Gasteiger partial charge is 0.118 e. The Bertz CT molecular complexity index is 417. The Morgan fingerprint density at radius 3 is 2.39 bits per heavy atom. The molecule has 1 aliphatic rings. The van der Waals surface area contributed by atoms with Crippen molar-refractivity contribution < 1.29 is 9.84 Å². The highest BCUT2D eigenvalue weighted by Gasteiger charge is 2.36. The van der Waals surface area contributed by atoms with Crippen LogP contribution in [0.1, 0.15) is 38.2 Å². The summed E-state index contributed by atoms with van der Waals surface area (Å²) in [6.45, 7) is 2.70. The number of hydrogen-bond acceptors (Lipinski definition) is 3. The Labute approximate surface area is 109 Å². The second-order valence-electron chi connectivity index (χ2n) is 4.79. The number of nitrogens with zero attached hydrogens (tertiary/aromatic N) is 1. The third kappa shape index (κ3) is 2.56. The summed E-state index contributed by atoms with van der Waals surface area (Å²) in [4.78, 5) is 4.53. The molecule has 1 fully saturated rings. The van der Waals surface area contributed by atoms with Crippen LogP contribution >= 0.6 is 0 Å². The number of rotatable bonds is 4. The van der Waals surface area contributed by atoms with Crippen LogP contribution in [0.2, 0.25) is 0 Å². The first kappa shape index (κ1) is 13.1. The first-order valence-electron chi connectivity index (χ1n) is 6.61. The minimum Gasteiger partial charge on any atom is -0.497 e. The minimum absolute atomic E-state index is 0.698. The zero-order chi connectivity index (χ0) is 13.0. The van der Waals surface area contributed by atoms with Gasteiger partial charge < -0.3 is 9.84 Å². The average molecular weight is 247 g/mol. The average Bonchev–Trinajstić information content (AvgIpc) is 2.84. The predicted molar refractivity (Wildman–Crippen MR) is 73.5 cm³/mol. The van der Waals surface area contributed by atoms with Gasteiger partial charge in [0.1, 0.15) is 11.4 Å². The molecular weight excluding hydrogens is 226 g/mol. The fraction of sp³-hybridized carbons (Fsp3) is 0.533. The normalized spacial score (nSPS) is 18.9. The lowest BCUT2D eigenvalue weighted by Gasteiger charge is -2.25. The van der Waals surface area contributed by atoms with Crippen LogP contribution < -0.4 is 4.74 Å². The van der Waals surface area contributed by atoms with Crippen molar-refractivity contribution in [2.24, 2.45) is 4.99 Å². The Kier molecular flexibility index (Phi) is 4.02. The highest BCUT2D eigenvalue weighted by atomic mass is 16.5. The molecule has 98 valence electrons. The molecule has 0 heterocycles. The fourth-order valence-electron chi connectivity index (χ4n) is 2.61. The molecule has 1 aromatic rings. The third-order valence-corrected chi connectivity index (χ3v) is 3.55. The van der Waals surface area contributed by atoms with Crippen LogP contribution in [-0.4, -0.2) is 30.1 Å². The molecule has 1 saturated carbocycles. The highest BCUT2D eigenvalue weighted by molar-refractivity contribution is 6.06. The molecule has 1 aromatic carbocycles. The van der Waals surface area contributed by atoms with E-state index in [0.717, 1.165) is 42.7 Å². The molecule has 0 saturated heterocycles. The van der Waals surface area contributed by atoms with Gasteiger partial charge in [-0.15, -0.1) is 0 Å². The molecule has 0 radical (unpaired) electrons. The van der Waals surface area contributed by atoms with Crippen molar-refractivity contribution in [2.45, 2.75) is 38.2 Å². The molecule has 3 nitrogen and oxygen atoms in total. The number of benzene rings is 1. The van der Waals surface area contributed by atoms with Crippen LogP contribution in [-0.2, 0) is 0 Å². The molecule has 0 aliphatic heterocycles. The van der Waals surface area contributed by atoms with Crippen molar-refractivity contribution in [1.82, 2.24) is 0 Å². The van der Waals surface area contributed by atoms with Crippen molar-refractivity contribution >= 4 is 5.71 Å². The van der Waals surface area contributed by atoms with Gasteiger partial charge in [-0.25, -0.2) is 0 Å². The quantitative estimate of drug-likeness (QED) is 0.831. The maximum Gasteiger partial charge on any atom is 0.118 e. The van der Waals surface area contributed by atoms with Crippen molar-refractivity contribution in [3.8, 4) is 5.75 Å². The summed E-state index contributed by atoms with van der Waals surface area (Å²) < 4.78 is 5.16. The summed E-state index contributed by atoms with van der Waals surface area (Å²) in [6.07, 6.45) is 3.79. The van der Waals surface area contributed by atoms with E-state index in [0.29, 0.717) is 6.54 Å². The van der Waals surface area contributed by atoms with E-state index in [-0.39, 0.29) is 0 Å². The van der Waals surface area contributed by atoms with Crippen molar-refractivity contribution in [3.05, 3.63) is 29.8 Å². The molecule has 3 heteroatoms. The standard InChI is InChI=1S/C15H21NO2/c1-3-16-14(15(17)10-4-5-11-15)12-6-8-13(18-2)9-7-12/h6-9,17H,3-5,10-11H2,1-2H3. The first-order chi connectivity index (χ1) is 8.69. The Hall–Kier alpha value is -1.35. The van der Waals surface area contributed by atoms with Crippen LogP contribution in [0.5, 0.6) is 5.75 Å². The van der Waals surface area contributed by atoms with Crippen LogP contribution in [0.25, 0.3) is 0 Å². The Balaban J connectivity index is 2.32. The molecular formula is C15H21NO2. The van der Waals surface area contributed by atoms with Crippen molar-refractivity contribution in [3.63, 3.8) is 0 Å². The zero-order valence-electron chi connectivity index (χ0n) is 11.1. The maximum absolute atomic E-state index is 10.7. The van der Waals surface area contributed by atoms with Gasteiger partial charge in [-0.1, -0.05) is 12.8 Å². The number of hydrogen-bond donors (Lipinski definition) is 1. The monoisotopic (exact) mass is 247 g/mol. The second-order valence-corrected chi connectivity index (χ2v) is 4.79. The molecule has 0 atom stereocenters. The van der Waals surface area contributed by atoms with Crippen LogP contribution in [0.15, 0.2) is 29.3 Å². The second kappa shape index (κ2) is 5.53. The van der Waals surface area contributed by atoms with Gasteiger partial charge >= 0.3 is 0 Å². The van der Waals surface area contributed by atoms with Gasteiger partial charge in [0.15, 0.2) is 0 Å². The third-order valence-electron chi connectivity index (χ3n) is 3.55. The Morgan fingerprint density at radius 1 is 1.28 bits per heavy atom. The summed E-state index contributed by atoms with van der Waals surface area (Å²) >= 11 is 0. The summed E-state index contributed by atoms with van der Waals surface area (Å²) in [5, 5.41) is 10.7. The van der Waals surface area contributed by atoms with E-state index in [1.807, 2.05) is 31.2 Å². The van der Waals surface area contributed by atoms with E-state index in [1.54, 1.807) is 7.11 Å². The lowest BCUT2D eigenvalue weighted by molar-refractivity contribution is 0.120. The van der Waals surface area contributed by atoms with Crippen LogP contribution in [0.3, 0.4) is 0 Å². The van der Waals surface area contributed by atoms with Gasteiger partial charge in [0.2, 0.25) is 0 Å². The van der Waals surface area contributed by atoms with Gasteiger partial charge in [0.05, 0.1) is 12.8 Å². The fourth-order valence-corrected chi connectivity index (χ4v) is 2.61. The first-order valence-corrected chi connectivity index (χ1v) is 6.61. The molecule has 0 unspecified atom stereocenters. The molecule has 2 rings (SSSR count). The number of aliphatic imine (C=N–C) groups is 1. The van der Waals surface area contributed by atoms with E-state index < -0.39 is 5.60 Å². The summed E-state index contributed by atoms with van der Waals surface area (Å²) in [7, 11) is 1.65. The van der Waals surface area contributed by atoms with Crippen LogP contribution in [0, 0.1) is 0 Å². The number of aliphatic hydroxyl groups is 1. The zero-order valence-corrected chi connectivity index (χ0v) is 11.1. The van der Waals surface area contributed by atoms with Gasteiger partial charge in [0, 0.05) is 6.54 Å². The molecule has 0 spiro atoms. The summed E-state index contributed by atoms with van der Waals surface area (Å²) in [5.74, 6) is 0.827. The van der Waals surface area contributed by atoms with E-state index in [4.69, 9.17) is 4.74 Å². The number of methoxy groups -OCH3 is 1. The molecule has 1 N–H and O–H groups in total. The lowest BCUT2D eigenvalue weighted by atomic mass is 9.90. The van der Waals surface area contributed by atoms with Gasteiger partial charge in [-0.2, -0.15) is 0 Å². The van der Waals surface area contributed by atoms with Gasteiger partial charge in [0.25, 0.3) is 0 Å². The highest BCUT2D eigenvalue weighted by Crippen LogP contribution is 2.33.